The van der Waals surface area contributed by atoms with Crippen molar-refractivity contribution in [1.29, 1.82) is 0 Å². The lowest BCUT2D eigenvalue weighted by molar-refractivity contribution is 0.0526. The molecule has 0 radical (unpaired) electrons. The summed E-state index contributed by atoms with van der Waals surface area (Å²) in [6, 6.07) is 14.7. The highest BCUT2D eigenvalue weighted by Crippen LogP contribution is 2.21. The summed E-state index contributed by atoms with van der Waals surface area (Å²) < 4.78 is 18.0. The van der Waals surface area contributed by atoms with Crippen molar-refractivity contribution < 1.29 is 13.9 Å². The molecule has 3 aromatic rings. The highest BCUT2D eigenvalue weighted by Gasteiger charge is 2.07. The molecule has 7 heteroatoms. The van der Waals surface area contributed by atoms with Gasteiger partial charge in [0.05, 0.1) is 12.2 Å². The summed E-state index contributed by atoms with van der Waals surface area (Å²) in [5.41, 5.74) is 1.98. The van der Waals surface area contributed by atoms with Crippen LogP contribution in [0.2, 0.25) is 0 Å². The molecule has 138 valence electrons. The summed E-state index contributed by atoms with van der Waals surface area (Å²) >= 11 is 0. The SMILES string of the molecule is CCOC(=O)c1ccc(Nc2cc(Nc3ccc(F)cc3)nc(C)n2)cc1. The van der Waals surface area contributed by atoms with Crippen LogP contribution < -0.4 is 10.6 Å². The number of aromatic nitrogens is 2. The van der Waals surface area contributed by atoms with Crippen LogP contribution in [0.25, 0.3) is 0 Å². The van der Waals surface area contributed by atoms with Crippen molar-refractivity contribution in [3.63, 3.8) is 0 Å². The van der Waals surface area contributed by atoms with Gasteiger partial charge in [-0.2, -0.15) is 0 Å². The fraction of sp³-hybridized carbons (Fsp3) is 0.150. The minimum atomic E-state index is -0.354. The van der Waals surface area contributed by atoms with Crippen LogP contribution >= 0.6 is 0 Å². The normalized spacial score (nSPS) is 10.3. The molecule has 0 saturated carbocycles. The molecule has 27 heavy (non-hydrogen) atoms. The number of nitrogens with one attached hydrogen (secondary N) is 2. The van der Waals surface area contributed by atoms with Crippen LogP contribution in [-0.4, -0.2) is 22.5 Å². The van der Waals surface area contributed by atoms with E-state index in [1.807, 2.05) is 0 Å². The van der Waals surface area contributed by atoms with Crippen molar-refractivity contribution in [2.24, 2.45) is 0 Å². The number of esters is 1. The molecule has 2 aromatic carbocycles. The monoisotopic (exact) mass is 366 g/mol. The molecule has 3 rings (SSSR count). The lowest BCUT2D eigenvalue weighted by Crippen LogP contribution is -2.05. The number of benzene rings is 2. The number of rotatable bonds is 6. The molecular formula is C20H19FN4O2. The minimum absolute atomic E-state index is 0.298. The van der Waals surface area contributed by atoms with Gasteiger partial charge in [-0.25, -0.2) is 19.2 Å². The Kier molecular flexibility index (Phi) is 5.61. The van der Waals surface area contributed by atoms with E-state index < -0.39 is 0 Å². The first-order valence-corrected chi connectivity index (χ1v) is 8.46. The van der Waals surface area contributed by atoms with Crippen LogP contribution in [0, 0.1) is 12.7 Å². The standard InChI is InChI=1S/C20H19FN4O2/c1-3-27-20(26)14-4-8-16(9-5-14)24-18-12-19(23-13(2)22-18)25-17-10-6-15(21)7-11-17/h4-12H,3H2,1-2H3,(H2,22,23,24,25). The van der Waals surface area contributed by atoms with Gasteiger partial charge in [0.25, 0.3) is 0 Å². The average molecular weight is 366 g/mol. The maximum atomic E-state index is 13.0. The Morgan fingerprint density at radius 2 is 1.48 bits per heavy atom. The molecule has 0 unspecified atom stereocenters. The molecule has 0 aliphatic heterocycles. The van der Waals surface area contributed by atoms with Gasteiger partial charge in [-0.3, -0.25) is 0 Å². The van der Waals surface area contributed by atoms with Gasteiger partial charge in [0.2, 0.25) is 0 Å². The third-order valence-electron chi connectivity index (χ3n) is 3.62. The summed E-state index contributed by atoms with van der Waals surface area (Å²) in [5, 5.41) is 6.29. The third kappa shape index (κ3) is 5.01. The molecule has 0 amide bonds. The number of aryl methyl sites for hydroxylation is 1. The van der Waals surface area contributed by atoms with E-state index in [0.717, 1.165) is 11.4 Å². The zero-order chi connectivity index (χ0) is 19.2. The molecule has 1 heterocycles. The van der Waals surface area contributed by atoms with Gasteiger partial charge in [-0.05, 0) is 62.4 Å². The predicted octanol–water partition coefficient (Wildman–Crippen LogP) is 4.59. The zero-order valence-corrected chi connectivity index (χ0v) is 15.0. The second kappa shape index (κ2) is 8.27. The van der Waals surface area contributed by atoms with Crippen LogP contribution in [0.5, 0.6) is 0 Å². The van der Waals surface area contributed by atoms with E-state index >= 15 is 0 Å². The Bertz CT molecular complexity index is 928. The van der Waals surface area contributed by atoms with E-state index in [4.69, 9.17) is 4.74 Å². The first-order chi connectivity index (χ1) is 13.0. The molecule has 2 N–H and O–H groups in total. The van der Waals surface area contributed by atoms with Crippen molar-refractivity contribution in [1.82, 2.24) is 9.97 Å². The molecular weight excluding hydrogens is 347 g/mol. The first kappa shape index (κ1) is 18.3. The molecule has 0 fully saturated rings. The lowest BCUT2D eigenvalue weighted by atomic mass is 10.2. The maximum Gasteiger partial charge on any atom is 0.338 e. The molecule has 1 aromatic heterocycles. The Morgan fingerprint density at radius 3 is 2.00 bits per heavy atom. The van der Waals surface area contributed by atoms with Crippen LogP contribution in [0.4, 0.5) is 27.4 Å². The smallest absolute Gasteiger partial charge is 0.338 e. The lowest BCUT2D eigenvalue weighted by Gasteiger charge is -2.11. The Labute approximate surface area is 156 Å². The molecule has 6 nitrogen and oxygen atoms in total. The van der Waals surface area contributed by atoms with E-state index in [9.17, 15) is 9.18 Å². The average Bonchev–Trinajstić information content (AvgIpc) is 2.64. The quantitative estimate of drug-likeness (QED) is 0.622. The van der Waals surface area contributed by atoms with Gasteiger partial charge in [-0.15, -0.1) is 0 Å². The molecule has 0 aliphatic rings. The molecule has 0 saturated heterocycles. The minimum Gasteiger partial charge on any atom is -0.462 e. The van der Waals surface area contributed by atoms with Gasteiger partial charge in [0.1, 0.15) is 23.3 Å². The second-order valence-electron chi connectivity index (χ2n) is 5.74. The second-order valence-corrected chi connectivity index (χ2v) is 5.74. The summed E-state index contributed by atoms with van der Waals surface area (Å²) in [7, 11) is 0. The number of hydrogen-bond donors (Lipinski definition) is 2. The molecule has 0 bridgehead atoms. The number of carbonyl (C=O) groups excluding carboxylic acids is 1. The predicted molar refractivity (Wildman–Crippen MR) is 102 cm³/mol. The number of hydrogen-bond acceptors (Lipinski definition) is 6. The van der Waals surface area contributed by atoms with E-state index in [2.05, 4.69) is 20.6 Å². The summed E-state index contributed by atoms with van der Waals surface area (Å²) in [5.74, 6) is 1.10. The number of nitrogens with zero attached hydrogens (tertiary/aromatic N) is 2. The van der Waals surface area contributed by atoms with E-state index in [1.54, 1.807) is 56.3 Å². The number of carbonyl (C=O) groups is 1. The van der Waals surface area contributed by atoms with Crippen LogP contribution in [-0.2, 0) is 4.74 Å². The van der Waals surface area contributed by atoms with Crippen molar-refractivity contribution in [3.05, 3.63) is 71.8 Å². The van der Waals surface area contributed by atoms with Crippen LogP contribution in [0.1, 0.15) is 23.1 Å². The van der Waals surface area contributed by atoms with E-state index in [1.165, 1.54) is 12.1 Å². The Balaban J connectivity index is 1.74. The van der Waals surface area contributed by atoms with Crippen molar-refractivity contribution in [2.75, 3.05) is 17.2 Å². The summed E-state index contributed by atoms with van der Waals surface area (Å²) in [4.78, 5) is 20.4. The van der Waals surface area contributed by atoms with Gasteiger partial charge in [-0.1, -0.05) is 0 Å². The van der Waals surface area contributed by atoms with Crippen molar-refractivity contribution in [3.8, 4) is 0 Å². The first-order valence-electron chi connectivity index (χ1n) is 8.46. The van der Waals surface area contributed by atoms with Crippen LogP contribution in [0.3, 0.4) is 0 Å². The Morgan fingerprint density at radius 1 is 0.963 bits per heavy atom. The van der Waals surface area contributed by atoms with Gasteiger partial charge >= 0.3 is 5.97 Å². The van der Waals surface area contributed by atoms with Gasteiger partial charge in [0.15, 0.2) is 0 Å². The van der Waals surface area contributed by atoms with Crippen molar-refractivity contribution in [2.45, 2.75) is 13.8 Å². The molecule has 0 aliphatic carbocycles. The fourth-order valence-corrected chi connectivity index (χ4v) is 2.43. The topological polar surface area (TPSA) is 76.1 Å². The summed E-state index contributed by atoms with van der Waals surface area (Å²) in [6.07, 6.45) is 0. The molecule has 0 atom stereocenters. The number of anilines is 4. The largest absolute Gasteiger partial charge is 0.462 e. The fourth-order valence-electron chi connectivity index (χ4n) is 2.43. The highest BCUT2D eigenvalue weighted by molar-refractivity contribution is 5.89. The van der Waals surface area contributed by atoms with E-state index in [-0.39, 0.29) is 11.8 Å². The van der Waals surface area contributed by atoms with Gasteiger partial charge < -0.3 is 15.4 Å². The van der Waals surface area contributed by atoms with Crippen LogP contribution in [0.15, 0.2) is 54.6 Å². The number of ether oxygens (including phenoxy) is 1. The molecule has 0 spiro atoms. The third-order valence-corrected chi connectivity index (χ3v) is 3.62. The number of halogens is 1. The van der Waals surface area contributed by atoms with Crippen molar-refractivity contribution >= 4 is 29.0 Å². The zero-order valence-electron chi connectivity index (χ0n) is 15.0. The van der Waals surface area contributed by atoms with Gasteiger partial charge in [0, 0.05) is 17.4 Å². The van der Waals surface area contributed by atoms with E-state index in [0.29, 0.717) is 29.6 Å². The highest BCUT2D eigenvalue weighted by atomic mass is 19.1. The maximum absolute atomic E-state index is 13.0. The Hall–Kier alpha value is -3.48. The summed E-state index contributed by atoms with van der Waals surface area (Å²) in [6.45, 7) is 3.89.